The van der Waals surface area contributed by atoms with Gasteiger partial charge in [-0.15, -0.1) is 0 Å². The first kappa shape index (κ1) is 28.8. The highest BCUT2D eigenvalue weighted by atomic mass is 32.2. The minimum absolute atomic E-state index is 0.0403. The quantitative estimate of drug-likeness (QED) is 0.219. The number of benzene rings is 3. The minimum Gasteiger partial charge on any atom is -0.610 e. The molecule has 0 saturated heterocycles. The number of fused-ring (bicyclic) bond motifs is 1. The van der Waals surface area contributed by atoms with Gasteiger partial charge in [0.25, 0.3) is 5.56 Å². The van der Waals surface area contributed by atoms with E-state index in [0.717, 1.165) is 18.2 Å². The van der Waals surface area contributed by atoms with Crippen molar-refractivity contribution in [2.45, 2.75) is 36.6 Å². The summed E-state index contributed by atoms with van der Waals surface area (Å²) in [5, 5.41) is -0.0488. The zero-order chi connectivity index (χ0) is 29.6. The third-order valence-corrected chi connectivity index (χ3v) is 8.95. The molecule has 0 amide bonds. The van der Waals surface area contributed by atoms with Gasteiger partial charge < -0.3 is 15.0 Å². The van der Waals surface area contributed by atoms with Crippen molar-refractivity contribution in [1.29, 1.82) is 0 Å². The van der Waals surface area contributed by atoms with Crippen LogP contribution in [0.15, 0.2) is 76.6 Å². The normalized spacial score (nSPS) is 17.4. The van der Waals surface area contributed by atoms with E-state index in [1.165, 1.54) is 36.8 Å². The van der Waals surface area contributed by atoms with E-state index in [4.69, 9.17) is 10.5 Å². The third kappa shape index (κ3) is 5.02. The lowest BCUT2D eigenvalue weighted by atomic mass is 9.91. The number of methoxy groups -OCH3 is 1. The predicted octanol–water partition coefficient (Wildman–Crippen LogP) is 6.08. The number of ether oxygens (including phenoxy) is 1. The third-order valence-electron chi connectivity index (χ3n) is 7.44. The summed E-state index contributed by atoms with van der Waals surface area (Å²) < 4.78 is 92.2. The molecule has 2 heterocycles. The van der Waals surface area contributed by atoms with E-state index in [1.54, 1.807) is 30.3 Å². The van der Waals surface area contributed by atoms with Gasteiger partial charge in [0.05, 0.1) is 24.3 Å². The van der Waals surface area contributed by atoms with Crippen LogP contribution in [0.1, 0.15) is 39.9 Å². The Bertz CT molecular complexity index is 1670. The number of hydrogen-bond acceptors (Lipinski definition) is 4. The maximum atomic E-state index is 15.5. The first-order valence-corrected chi connectivity index (χ1v) is 13.9. The zero-order valence-corrected chi connectivity index (χ0v) is 22.8. The van der Waals surface area contributed by atoms with Gasteiger partial charge in [0.1, 0.15) is 17.6 Å². The molecule has 41 heavy (non-hydrogen) atoms. The summed E-state index contributed by atoms with van der Waals surface area (Å²) in [6.07, 6.45) is -5.51. The van der Waals surface area contributed by atoms with E-state index in [2.05, 4.69) is 0 Å². The van der Waals surface area contributed by atoms with Gasteiger partial charge in [0.15, 0.2) is 11.6 Å². The zero-order valence-electron chi connectivity index (χ0n) is 22.0. The van der Waals surface area contributed by atoms with Crippen LogP contribution in [-0.2, 0) is 23.8 Å². The van der Waals surface area contributed by atoms with E-state index in [9.17, 15) is 26.9 Å². The fraction of sp³-hybridized carbons (Fsp3) is 0.233. The summed E-state index contributed by atoms with van der Waals surface area (Å²) in [6, 6.07) is 13.9. The van der Waals surface area contributed by atoms with Crippen LogP contribution in [0.3, 0.4) is 0 Å². The van der Waals surface area contributed by atoms with Gasteiger partial charge in [-0.25, -0.2) is 8.78 Å². The Morgan fingerprint density at radius 1 is 1.05 bits per heavy atom. The summed E-state index contributed by atoms with van der Waals surface area (Å²) in [4.78, 5) is 14.1. The largest absolute Gasteiger partial charge is 0.610 e. The Morgan fingerprint density at radius 3 is 2.39 bits per heavy atom. The number of hydrogen-bond donors (Lipinski definition) is 1. The smallest absolute Gasteiger partial charge is 0.416 e. The van der Waals surface area contributed by atoms with Crippen LogP contribution < -0.4 is 16.0 Å². The number of alkyl halides is 3. The summed E-state index contributed by atoms with van der Waals surface area (Å²) in [6.45, 7) is 1.43. The molecule has 0 saturated carbocycles. The molecule has 3 aromatic carbocycles. The Kier molecular flexibility index (Phi) is 7.71. The first-order chi connectivity index (χ1) is 19.5. The van der Waals surface area contributed by atoms with E-state index in [1.807, 2.05) is 0 Å². The molecule has 4 aromatic rings. The molecule has 1 aromatic heterocycles. The van der Waals surface area contributed by atoms with E-state index in [-0.39, 0.29) is 38.8 Å². The van der Waals surface area contributed by atoms with Crippen LogP contribution in [0.5, 0.6) is 5.75 Å². The molecule has 3 atom stereocenters. The highest BCUT2D eigenvalue weighted by Gasteiger charge is 2.44. The van der Waals surface area contributed by atoms with Crippen molar-refractivity contribution >= 4 is 11.2 Å². The average molecular weight is 589 g/mol. The van der Waals surface area contributed by atoms with E-state index >= 15 is 4.39 Å². The lowest BCUT2D eigenvalue weighted by molar-refractivity contribution is -0.138. The number of pyridine rings is 1. The van der Waals surface area contributed by atoms with Crippen molar-refractivity contribution in [1.82, 2.24) is 4.57 Å². The van der Waals surface area contributed by atoms with Gasteiger partial charge in [-0.2, -0.15) is 13.2 Å². The van der Waals surface area contributed by atoms with E-state index in [0.29, 0.717) is 5.56 Å². The number of halogens is 5. The van der Waals surface area contributed by atoms with Gasteiger partial charge in [-0.1, -0.05) is 48.5 Å². The molecular formula is C30H25F5N2O3S. The van der Waals surface area contributed by atoms with Crippen LogP contribution in [0.4, 0.5) is 22.0 Å². The molecule has 2 N–H and O–H groups in total. The number of aromatic nitrogens is 1. The predicted molar refractivity (Wildman–Crippen MR) is 145 cm³/mol. The topological polar surface area (TPSA) is 80.3 Å². The fourth-order valence-corrected chi connectivity index (χ4v) is 7.18. The van der Waals surface area contributed by atoms with Gasteiger partial charge in [0.2, 0.25) is 5.03 Å². The highest BCUT2D eigenvalue weighted by molar-refractivity contribution is 7.91. The number of nitrogens with two attached hydrogens (primary N) is 1. The van der Waals surface area contributed by atoms with Gasteiger partial charge in [0, 0.05) is 34.3 Å². The molecule has 5 rings (SSSR count). The maximum absolute atomic E-state index is 15.5. The van der Waals surface area contributed by atoms with Crippen molar-refractivity contribution in [3.63, 3.8) is 0 Å². The van der Waals surface area contributed by atoms with Crippen molar-refractivity contribution in [3.8, 4) is 16.9 Å². The summed E-state index contributed by atoms with van der Waals surface area (Å²) in [7, 11) is 1.25. The molecular weight excluding hydrogens is 563 g/mol. The summed E-state index contributed by atoms with van der Waals surface area (Å²) >= 11 is -1.88. The minimum atomic E-state index is -4.88. The molecule has 1 aliphatic rings. The molecule has 0 fully saturated rings. The summed E-state index contributed by atoms with van der Waals surface area (Å²) in [5.41, 5.74) is 4.44. The van der Waals surface area contributed by atoms with E-state index < -0.39 is 64.2 Å². The molecule has 0 aliphatic carbocycles. The van der Waals surface area contributed by atoms with Gasteiger partial charge >= 0.3 is 6.18 Å². The second-order valence-corrected chi connectivity index (χ2v) is 11.1. The fourth-order valence-electron chi connectivity index (χ4n) is 5.42. The Labute approximate surface area is 235 Å². The van der Waals surface area contributed by atoms with Crippen molar-refractivity contribution < 1.29 is 31.2 Å². The molecule has 5 nitrogen and oxygen atoms in total. The molecule has 11 heteroatoms. The Hall–Kier alpha value is -3.67. The van der Waals surface area contributed by atoms with Crippen LogP contribution in [0.2, 0.25) is 0 Å². The summed E-state index contributed by atoms with van der Waals surface area (Å²) in [5.74, 6) is -2.22. The molecule has 0 spiro atoms. The van der Waals surface area contributed by atoms with Gasteiger partial charge in [-0.3, -0.25) is 9.36 Å². The van der Waals surface area contributed by atoms with Gasteiger partial charge in [-0.05, 0) is 36.2 Å². The Morgan fingerprint density at radius 2 is 1.73 bits per heavy atom. The lowest BCUT2D eigenvalue weighted by Gasteiger charge is -2.22. The SMILES string of the molecule is COc1cccc(-c2c(C)c(Cc3c(F)cccc3C(F)(F)F)c3n(c2=O)C(C(N)c2ccccc2)C[S+]3[O-])c1F. The van der Waals surface area contributed by atoms with Crippen LogP contribution in [0.25, 0.3) is 11.1 Å². The molecule has 0 bridgehead atoms. The van der Waals surface area contributed by atoms with Crippen LogP contribution in [-0.4, -0.2) is 22.0 Å². The highest BCUT2D eigenvalue weighted by Crippen LogP contribution is 2.42. The Balaban J connectivity index is 1.82. The second kappa shape index (κ2) is 11.0. The van der Waals surface area contributed by atoms with Crippen molar-refractivity contribution in [2.75, 3.05) is 12.9 Å². The molecule has 1 aliphatic heterocycles. The van der Waals surface area contributed by atoms with Crippen molar-refractivity contribution in [2.24, 2.45) is 5.73 Å². The molecule has 0 radical (unpaired) electrons. The average Bonchev–Trinajstić information content (AvgIpc) is 3.29. The van der Waals surface area contributed by atoms with Crippen LogP contribution >= 0.6 is 0 Å². The molecule has 3 unspecified atom stereocenters. The second-order valence-electron chi connectivity index (χ2n) is 9.74. The van der Waals surface area contributed by atoms with Crippen LogP contribution in [0, 0.1) is 18.6 Å². The number of rotatable bonds is 6. The monoisotopic (exact) mass is 588 g/mol. The van der Waals surface area contributed by atoms with Crippen molar-refractivity contribution in [3.05, 3.63) is 117 Å². The lowest BCUT2D eigenvalue weighted by Crippen LogP contribution is -2.33. The molecule has 214 valence electrons. The first-order valence-electron chi connectivity index (χ1n) is 12.6. The standard InChI is InChI=1S/C30H25F5N2O3S/c1-16-19(14-20-21(30(33,34)35)11-7-12-22(20)31)29-37(23(15-41(29)39)27(36)17-8-4-3-5-9-17)28(38)25(16)18-10-6-13-24(40-2)26(18)32/h3-13,23,27H,14-15,36H2,1-2H3. The maximum Gasteiger partial charge on any atom is 0.416 e. The number of nitrogens with zero attached hydrogens (tertiary/aromatic N) is 1.